The minimum absolute atomic E-state index is 0.0952. The third-order valence-electron chi connectivity index (χ3n) is 3.37. The van der Waals surface area contributed by atoms with E-state index >= 15 is 0 Å². The second-order valence-corrected chi connectivity index (χ2v) is 5.37. The molecule has 2 rings (SSSR count). The van der Waals surface area contributed by atoms with Crippen LogP contribution in [-0.2, 0) is 18.3 Å². The molecule has 0 spiro atoms. The first-order chi connectivity index (χ1) is 10.1. The van der Waals surface area contributed by atoms with E-state index in [1.165, 1.54) is 0 Å². The molecule has 0 aliphatic carbocycles. The van der Waals surface area contributed by atoms with Gasteiger partial charge in [-0.15, -0.1) is 0 Å². The number of hydrogen-bond donors (Lipinski definition) is 2. The Morgan fingerprint density at radius 2 is 2.10 bits per heavy atom. The molecule has 1 atom stereocenters. The zero-order chi connectivity index (χ0) is 15.2. The molecule has 1 aromatic heterocycles. The van der Waals surface area contributed by atoms with Crippen molar-refractivity contribution >= 4 is 17.5 Å². The molecular formula is C16H19ClN2O2. The lowest BCUT2D eigenvalue weighted by atomic mass is 10.1. The van der Waals surface area contributed by atoms with Crippen molar-refractivity contribution in [1.82, 2.24) is 9.88 Å². The average molecular weight is 307 g/mol. The highest BCUT2D eigenvalue weighted by Gasteiger charge is 2.11. The summed E-state index contributed by atoms with van der Waals surface area (Å²) in [5, 5.41) is 13.4. The van der Waals surface area contributed by atoms with Gasteiger partial charge in [-0.1, -0.05) is 29.8 Å². The van der Waals surface area contributed by atoms with Gasteiger partial charge in [0, 0.05) is 30.5 Å². The minimum Gasteiger partial charge on any atom is -0.387 e. The van der Waals surface area contributed by atoms with E-state index in [1.54, 1.807) is 6.07 Å². The van der Waals surface area contributed by atoms with Gasteiger partial charge in [0.25, 0.3) is 0 Å². The van der Waals surface area contributed by atoms with Gasteiger partial charge in [0.15, 0.2) is 0 Å². The Morgan fingerprint density at radius 3 is 2.76 bits per heavy atom. The lowest BCUT2D eigenvalue weighted by Crippen LogP contribution is -2.27. The van der Waals surface area contributed by atoms with E-state index < -0.39 is 6.10 Å². The first-order valence-corrected chi connectivity index (χ1v) is 7.25. The summed E-state index contributed by atoms with van der Waals surface area (Å²) in [6.07, 6.45) is 2.03. The zero-order valence-electron chi connectivity index (χ0n) is 11.9. The summed E-state index contributed by atoms with van der Waals surface area (Å²) in [5.74, 6) is -0.0952. The predicted molar refractivity (Wildman–Crippen MR) is 83.2 cm³/mol. The van der Waals surface area contributed by atoms with Crippen LogP contribution in [0.25, 0.3) is 0 Å². The molecular weight excluding hydrogens is 288 g/mol. The Labute approximate surface area is 129 Å². The summed E-state index contributed by atoms with van der Waals surface area (Å²) in [7, 11) is 1.88. The topological polar surface area (TPSA) is 54.3 Å². The van der Waals surface area contributed by atoms with Gasteiger partial charge >= 0.3 is 0 Å². The fourth-order valence-electron chi connectivity index (χ4n) is 2.19. The van der Waals surface area contributed by atoms with Crippen LogP contribution in [0.1, 0.15) is 23.8 Å². The zero-order valence-corrected chi connectivity index (χ0v) is 12.7. The van der Waals surface area contributed by atoms with Gasteiger partial charge in [0.05, 0.1) is 12.5 Å². The lowest BCUT2D eigenvalue weighted by Gasteiger charge is -2.12. The largest absolute Gasteiger partial charge is 0.387 e. The fourth-order valence-corrected chi connectivity index (χ4v) is 2.40. The molecule has 0 fully saturated rings. The van der Waals surface area contributed by atoms with Crippen molar-refractivity contribution in [3.05, 3.63) is 58.9 Å². The lowest BCUT2D eigenvalue weighted by molar-refractivity contribution is -0.120. The number of aryl methyl sites for hydroxylation is 1. The molecule has 2 aromatic rings. The third-order valence-corrected chi connectivity index (χ3v) is 3.74. The summed E-state index contributed by atoms with van der Waals surface area (Å²) >= 11 is 6.02. The Morgan fingerprint density at radius 1 is 1.33 bits per heavy atom. The van der Waals surface area contributed by atoms with Crippen molar-refractivity contribution < 1.29 is 9.90 Å². The fraction of sp³-hybridized carbons (Fsp3) is 0.312. The number of carbonyl (C=O) groups is 1. The molecule has 1 unspecified atom stereocenters. The van der Waals surface area contributed by atoms with Crippen molar-refractivity contribution in [3.63, 3.8) is 0 Å². The number of aliphatic hydroxyl groups is 1. The molecule has 0 saturated heterocycles. The van der Waals surface area contributed by atoms with Crippen molar-refractivity contribution in [2.45, 2.75) is 18.9 Å². The number of aromatic nitrogens is 1. The Bertz CT molecular complexity index is 610. The number of amides is 1. The van der Waals surface area contributed by atoms with Gasteiger partial charge in [-0.05, 0) is 30.2 Å². The van der Waals surface area contributed by atoms with E-state index in [-0.39, 0.29) is 12.3 Å². The van der Waals surface area contributed by atoms with Crippen LogP contribution in [-0.4, -0.2) is 22.1 Å². The standard InChI is InChI=1S/C16H19ClN2O2/c1-19-10-4-7-14(19)15(20)8-9-18-16(21)11-12-5-2-3-6-13(12)17/h2-7,10,15,20H,8-9,11H2,1H3,(H,18,21). The number of aliphatic hydroxyl groups excluding tert-OH is 1. The number of hydrogen-bond acceptors (Lipinski definition) is 2. The SMILES string of the molecule is Cn1cccc1C(O)CCNC(=O)Cc1ccccc1Cl. The van der Waals surface area contributed by atoms with Gasteiger partial charge in [-0.2, -0.15) is 0 Å². The summed E-state index contributed by atoms with van der Waals surface area (Å²) in [5.41, 5.74) is 1.65. The average Bonchev–Trinajstić information content (AvgIpc) is 2.87. The normalized spacial score (nSPS) is 12.1. The summed E-state index contributed by atoms with van der Waals surface area (Å²) < 4.78 is 1.87. The van der Waals surface area contributed by atoms with Crippen LogP contribution in [0.2, 0.25) is 5.02 Å². The van der Waals surface area contributed by atoms with Crippen LogP contribution in [0.3, 0.4) is 0 Å². The van der Waals surface area contributed by atoms with Crippen LogP contribution in [0.15, 0.2) is 42.6 Å². The van der Waals surface area contributed by atoms with Crippen molar-refractivity contribution in [3.8, 4) is 0 Å². The van der Waals surface area contributed by atoms with Crippen molar-refractivity contribution in [1.29, 1.82) is 0 Å². The smallest absolute Gasteiger partial charge is 0.224 e. The van der Waals surface area contributed by atoms with E-state index in [2.05, 4.69) is 5.32 Å². The molecule has 0 bridgehead atoms. The van der Waals surface area contributed by atoms with E-state index in [0.29, 0.717) is 18.0 Å². The molecule has 2 N–H and O–H groups in total. The van der Waals surface area contributed by atoms with Gasteiger partial charge in [0.1, 0.15) is 0 Å². The van der Waals surface area contributed by atoms with E-state index in [9.17, 15) is 9.90 Å². The van der Waals surface area contributed by atoms with Crippen LogP contribution < -0.4 is 5.32 Å². The molecule has 1 amide bonds. The van der Waals surface area contributed by atoms with Crippen LogP contribution in [0, 0.1) is 0 Å². The summed E-state index contributed by atoms with van der Waals surface area (Å²) in [4.78, 5) is 11.8. The van der Waals surface area contributed by atoms with Crippen LogP contribution in [0.4, 0.5) is 0 Å². The highest BCUT2D eigenvalue weighted by atomic mass is 35.5. The number of nitrogens with zero attached hydrogens (tertiary/aromatic N) is 1. The number of nitrogens with one attached hydrogen (secondary N) is 1. The maximum atomic E-state index is 11.8. The summed E-state index contributed by atoms with van der Waals surface area (Å²) in [6, 6.07) is 11.0. The van der Waals surface area contributed by atoms with Gasteiger partial charge in [-0.25, -0.2) is 0 Å². The Kier molecular flexibility index (Phi) is 5.42. The Hall–Kier alpha value is -1.78. The molecule has 0 aliphatic heterocycles. The Balaban J connectivity index is 1.77. The second kappa shape index (κ2) is 7.29. The third kappa shape index (κ3) is 4.34. The molecule has 0 radical (unpaired) electrons. The molecule has 112 valence electrons. The minimum atomic E-state index is -0.578. The maximum absolute atomic E-state index is 11.8. The summed E-state index contributed by atoms with van der Waals surface area (Å²) in [6.45, 7) is 0.426. The van der Waals surface area contributed by atoms with Gasteiger partial charge in [-0.3, -0.25) is 4.79 Å². The monoisotopic (exact) mass is 306 g/mol. The highest BCUT2D eigenvalue weighted by molar-refractivity contribution is 6.31. The number of rotatable bonds is 6. The molecule has 1 aromatic carbocycles. The second-order valence-electron chi connectivity index (χ2n) is 4.97. The van der Waals surface area contributed by atoms with Crippen LogP contribution in [0.5, 0.6) is 0 Å². The van der Waals surface area contributed by atoms with Crippen molar-refractivity contribution in [2.75, 3.05) is 6.54 Å². The quantitative estimate of drug-likeness (QED) is 0.861. The number of benzene rings is 1. The van der Waals surface area contributed by atoms with Gasteiger partial charge < -0.3 is 15.0 Å². The number of halogens is 1. The number of carbonyl (C=O) groups excluding carboxylic acids is 1. The first-order valence-electron chi connectivity index (χ1n) is 6.87. The first kappa shape index (κ1) is 15.6. The molecule has 1 heterocycles. The predicted octanol–water partition coefficient (Wildman–Crippen LogP) is 2.46. The molecule has 0 saturated carbocycles. The molecule has 21 heavy (non-hydrogen) atoms. The molecule has 5 heteroatoms. The van der Waals surface area contributed by atoms with Gasteiger partial charge in [0.2, 0.25) is 5.91 Å². The maximum Gasteiger partial charge on any atom is 0.224 e. The van der Waals surface area contributed by atoms with Crippen LogP contribution >= 0.6 is 11.6 Å². The van der Waals surface area contributed by atoms with Crippen molar-refractivity contribution in [2.24, 2.45) is 7.05 Å². The molecule has 4 nitrogen and oxygen atoms in total. The molecule has 0 aliphatic rings. The van der Waals surface area contributed by atoms with E-state index in [1.807, 2.05) is 48.1 Å². The van der Waals surface area contributed by atoms with E-state index in [0.717, 1.165) is 11.3 Å². The van der Waals surface area contributed by atoms with E-state index in [4.69, 9.17) is 11.6 Å². The highest BCUT2D eigenvalue weighted by Crippen LogP contribution is 2.16.